The molecule has 0 saturated heterocycles. The molecule has 0 aliphatic heterocycles. The maximum atomic E-state index is 5.95. The summed E-state index contributed by atoms with van der Waals surface area (Å²) in [6, 6.07) is 8.39. The van der Waals surface area contributed by atoms with Crippen LogP contribution in [0.15, 0.2) is 24.3 Å². The Bertz CT molecular complexity index is 355. The first-order chi connectivity index (χ1) is 9.15. The minimum Gasteiger partial charge on any atom is -0.487 e. The van der Waals surface area contributed by atoms with Crippen molar-refractivity contribution in [1.29, 1.82) is 0 Å². The number of hydrogen-bond donors (Lipinski definition) is 1. The topological polar surface area (TPSA) is 39.7 Å². The lowest BCUT2D eigenvalue weighted by Gasteiger charge is -2.20. The number of ether oxygens (including phenoxy) is 3. The highest BCUT2D eigenvalue weighted by molar-refractivity contribution is 5.28. The molecule has 1 atom stereocenters. The van der Waals surface area contributed by atoms with Gasteiger partial charge in [0.05, 0.1) is 13.2 Å². The summed E-state index contributed by atoms with van der Waals surface area (Å²) in [5.41, 5.74) is 1.10. The summed E-state index contributed by atoms with van der Waals surface area (Å²) < 4.78 is 16.3. The van der Waals surface area contributed by atoms with Crippen LogP contribution in [0, 0.1) is 0 Å². The third-order valence-corrected chi connectivity index (χ3v) is 2.62. The maximum Gasteiger partial charge on any atom is 0.134 e. The van der Waals surface area contributed by atoms with Gasteiger partial charge in [-0.25, -0.2) is 0 Å². The van der Waals surface area contributed by atoms with Crippen LogP contribution >= 0.6 is 0 Å². The van der Waals surface area contributed by atoms with E-state index in [1.807, 2.05) is 24.3 Å². The van der Waals surface area contributed by atoms with Crippen LogP contribution in [0.2, 0.25) is 0 Å². The summed E-state index contributed by atoms with van der Waals surface area (Å²) in [6.07, 6.45) is 0.00481. The highest BCUT2D eigenvalue weighted by atomic mass is 16.5. The van der Waals surface area contributed by atoms with Crippen molar-refractivity contribution in [3.63, 3.8) is 0 Å². The Morgan fingerprint density at radius 3 is 2.58 bits per heavy atom. The monoisotopic (exact) mass is 267 g/mol. The molecule has 0 bridgehead atoms. The van der Waals surface area contributed by atoms with E-state index >= 15 is 0 Å². The van der Waals surface area contributed by atoms with Gasteiger partial charge < -0.3 is 19.5 Å². The Labute approximate surface area is 116 Å². The third kappa shape index (κ3) is 6.57. The van der Waals surface area contributed by atoms with Crippen LogP contribution in [-0.4, -0.2) is 39.5 Å². The molecule has 0 heterocycles. The van der Waals surface area contributed by atoms with E-state index in [0.29, 0.717) is 19.3 Å². The molecule has 4 heteroatoms. The van der Waals surface area contributed by atoms with E-state index in [-0.39, 0.29) is 6.10 Å². The van der Waals surface area contributed by atoms with E-state index in [1.165, 1.54) is 0 Å². The van der Waals surface area contributed by atoms with E-state index < -0.39 is 0 Å². The second-order valence-electron chi connectivity index (χ2n) is 4.84. The zero-order valence-electron chi connectivity index (χ0n) is 12.3. The van der Waals surface area contributed by atoms with Crippen molar-refractivity contribution in [2.24, 2.45) is 0 Å². The maximum absolute atomic E-state index is 5.95. The fourth-order valence-corrected chi connectivity index (χ4v) is 1.76. The molecular weight excluding hydrogens is 242 g/mol. The number of hydrogen-bond acceptors (Lipinski definition) is 4. The fourth-order valence-electron chi connectivity index (χ4n) is 1.76. The minimum absolute atomic E-state index is 0.00481. The van der Waals surface area contributed by atoms with E-state index in [2.05, 4.69) is 19.2 Å². The summed E-state index contributed by atoms with van der Waals surface area (Å²) in [5.74, 6) is 0.849. The minimum atomic E-state index is 0.00481. The summed E-state index contributed by atoms with van der Waals surface area (Å²) in [4.78, 5) is 0. The molecule has 19 heavy (non-hydrogen) atoms. The molecule has 4 nitrogen and oxygen atoms in total. The highest BCUT2D eigenvalue weighted by Crippen LogP contribution is 2.15. The molecule has 0 radical (unpaired) electrons. The lowest BCUT2D eigenvalue weighted by molar-refractivity contribution is 0.0792. The normalized spacial score (nSPS) is 12.7. The van der Waals surface area contributed by atoms with Gasteiger partial charge in [-0.05, 0) is 17.7 Å². The van der Waals surface area contributed by atoms with Crippen molar-refractivity contribution >= 4 is 0 Å². The van der Waals surface area contributed by atoms with E-state index in [1.54, 1.807) is 14.2 Å². The quantitative estimate of drug-likeness (QED) is 0.745. The van der Waals surface area contributed by atoms with Crippen LogP contribution in [-0.2, 0) is 16.1 Å². The molecule has 1 unspecified atom stereocenters. The molecule has 0 aliphatic rings. The lowest BCUT2D eigenvalue weighted by Crippen LogP contribution is -2.38. The molecular formula is C15H25NO3. The smallest absolute Gasteiger partial charge is 0.134 e. The van der Waals surface area contributed by atoms with Gasteiger partial charge in [-0.15, -0.1) is 0 Å². The summed E-state index contributed by atoms with van der Waals surface area (Å²) in [5, 5.41) is 3.36. The summed E-state index contributed by atoms with van der Waals surface area (Å²) >= 11 is 0. The molecule has 0 fully saturated rings. The molecule has 0 saturated carbocycles. The van der Waals surface area contributed by atoms with Crippen molar-refractivity contribution in [3.05, 3.63) is 29.8 Å². The van der Waals surface area contributed by atoms with Gasteiger partial charge in [-0.1, -0.05) is 26.0 Å². The Balaban J connectivity index is 2.59. The zero-order valence-corrected chi connectivity index (χ0v) is 12.3. The van der Waals surface area contributed by atoms with Crippen molar-refractivity contribution in [2.75, 3.05) is 27.4 Å². The first-order valence-corrected chi connectivity index (χ1v) is 6.62. The zero-order chi connectivity index (χ0) is 14.1. The van der Waals surface area contributed by atoms with Crippen LogP contribution in [0.5, 0.6) is 5.75 Å². The lowest BCUT2D eigenvalue weighted by atomic mass is 10.2. The molecule has 0 aliphatic carbocycles. The average molecular weight is 267 g/mol. The van der Waals surface area contributed by atoms with Crippen molar-refractivity contribution in [2.45, 2.75) is 32.6 Å². The van der Waals surface area contributed by atoms with Gasteiger partial charge in [0.1, 0.15) is 11.9 Å². The van der Waals surface area contributed by atoms with Gasteiger partial charge in [-0.3, -0.25) is 0 Å². The molecule has 0 spiro atoms. The Kier molecular flexibility index (Phi) is 7.48. The van der Waals surface area contributed by atoms with Crippen molar-refractivity contribution in [1.82, 2.24) is 5.32 Å². The molecule has 1 rings (SSSR count). The molecule has 1 aromatic carbocycles. The molecule has 108 valence electrons. The van der Waals surface area contributed by atoms with Gasteiger partial charge in [0.2, 0.25) is 0 Å². The SMILES string of the molecule is COCc1cccc(OC(CNC(C)C)COC)c1. The average Bonchev–Trinajstić information content (AvgIpc) is 2.37. The van der Waals surface area contributed by atoms with Gasteiger partial charge in [0, 0.05) is 26.8 Å². The standard InChI is InChI=1S/C15H25NO3/c1-12(2)16-9-15(11-18-4)19-14-7-5-6-13(8-14)10-17-3/h5-8,12,15-16H,9-11H2,1-4H3. The molecule has 0 amide bonds. The Hall–Kier alpha value is -1.10. The predicted octanol–water partition coefficient (Wildman–Crippen LogP) is 2.22. The van der Waals surface area contributed by atoms with Crippen LogP contribution in [0.25, 0.3) is 0 Å². The largest absolute Gasteiger partial charge is 0.487 e. The number of benzene rings is 1. The van der Waals surface area contributed by atoms with E-state index in [0.717, 1.165) is 17.9 Å². The van der Waals surface area contributed by atoms with Gasteiger partial charge in [-0.2, -0.15) is 0 Å². The molecule has 1 aromatic rings. The third-order valence-electron chi connectivity index (χ3n) is 2.62. The van der Waals surface area contributed by atoms with Crippen molar-refractivity contribution < 1.29 is 14.2 Å². The highest BCUT2D eigenvalue weighted by Gasteiger charge is 2.11. The first-order valence-electron chi connectivity index (χ1n) is 6.62. The van der Waals surface area contributed by atoms with Gasteiger partial charge in [0.15, 0.2) is 0 Å². The first kappa shape index (κ1) is 16.0. The van der Waals surface area contributed by atoms with Crippen LogP contribution in [0.3, 0.4) is 0 Å². The summed E-state index contributed by atoms with van der Waals surface area (Å²) in [6.45, 7) is 6.15. The van der Waals surface area contributed by atoms with Crippen molar-refractivity contribution in [3.8, 4) is 5.75 Å². The summed E-state index contributed by atoms with van der Waals surface area (Å²) in [7, 11) is 3.38. The fraction of sp³-hybridized carbons (Fsp3) is 0.600. The molecule has 0 aromatic heterocycles. The second-order valence-corrected chi connectivity index (χ2v) is 4.84. The van der Waals surface area contributed by atoms with Gasteiger partial charge in [0.25, 0.3) is 0 Å². The van der Waals surface area contributed by atoms with Crippen LogP contribution < -0.4 is 10.1 Å². The number of methoxy groups -OCH3 is 2. The number of rotatable bonds is 9. The Morgan fingerprint density at radius 1 is 1.16 bits per heavy atom. The second kappa shape index (κ2) is 8.91. The molecule has 1 N–H and O–H groups in total. The van der Waals surface area contributed by atoms with E-state index in [4.69, 9.17) is 14.2 Å². The number of nitrogens with one attached hydrogen (secondary N) is 1. The van der Waals surface area contributed by atoms with E-state index in [9.17, 15) is 0 Å². The van der Waals surface area contributed by atoms with Crippen LogP contribution in [0.4, 0.5) is 0 Å². The predicted molar refractivity (Wildman–Crippen MR) is 76.6 cm³/mol. The Morgan fingerprint density at radius 2 is 1.95 bits per heavy atom. The van der Waals surface area contributed by atoms with Crippen LogP contribution in [0.1, 0.15) is 19.4 Å². The van der Waals surface area contributed by atoms with Gasteiger partial charge >= 0.3 is 0 Å².